The number of hydrogen-bond acceptors (Lipinski definition) is 3. The first-order valence-electron chi connectivity index (χ1n) is 5.94. The fourth-order valence-corrected chi connectivity index (χ4v) is 2.30. The van der Waals surface area contributed by atoms with Gasteiger partial charge in [0.25, 0.3) is 0 Å². The Morgan fingerprint density at radius 1 is 1.40 bits per heavy atom. The zero-order valence-electron chi connectivity index (χ0n) is 11.0. The van der Waals surface area contributed by atoms with Gasteiger partial charge in [0, 0.05) is 11.9 Å². The zero-order valence-corrected chi connectivity index (χ0v) is 12.5. The fraction of sp³-hybridized carbons (Fsp3) is 0.231. The number of aryl methyl sites for hydroxylation is 1. The van der Waals surface area contributed by atoms with Crippen molar-refractivity contribution in [3.8, 4) is 0 Å². The van der Waals surface area contributed by atoms with E-state index in [1.807, 2.05) is 6.92 Å². The molecule has 2 aromatic rings. The van der Waals surface area contributed by atoms with E-state index in [4.69, 9.17) is 28.9 Å². The second kappa shape index (κ2) is 5.73. The lowest BCUT2D eigenvalue weighted by atomic mass is 10.2. The molecule has 1 unspecified atom stereocenters. The Kier molecular flexibility index (Phi) is 4.20. The number of carbonyl (C=O) groups excluding carboxylic acids is 1. The van der Waals surface area contributed by atoms with Gasteiger partial charge < -0.3 is 11.1 Å². The quantitative estimate of drug-likeness (QED) is 0.854. The largest absolute Gasteiger partial charge is 0.399 e. The third kappa shape index (κ3) is 3.05. The number of hydrogen-bond donors (Lipinski definition) is 2. The van der Waals surface area contributed by atoms with Gasteiger partial charge >= 0.3 is 0 Å². The van der Waals surface area contributed by atoms with Gasteiger partial charge in [0.15, 0.2) is 0 Å². The first-order chi connectivity index (χ1) is 9.38. The molecule has 20 heavy (non-hydrogen) atoms. The van der Waals surface area contributed by atoms with Crippen LogP contribution in [0.15, 0.2) is 24.5 Å². The lowest BCUT2D eigenvalue weighted by Gasteiger charge is -2.15. The van der Waals surface area contributed by atoms with Gasteiger partial charge in [-0.3, -0.25) is 9.48 Å². The highest BCUT2D eigenvalue weighted by Gasteiger charge is 2.18. The summed E-state index contributed by atoms with van der Waals surface area (Å²) in [6.07, 6.45) is 3.48. The van der Waals surface area contributed by atoms with Crippen molar-refractivity contribution in [2.45, 2.75) is 19.9 Å². The van der Waals surface area contributed by atoms with Crippen molar-refractivity contribution in [1.29, 1.82) is 0 Å². The Labute approximate surface area is 126 Å². The molecule has 0 saturated carbocycles. The molecule has 0 aliphatic carbocycles. The van der Waals surface area contributed by atoms with Gasteiger partial charge in [0.05, 0.1) is 21.9 Å². The number of nitrogens with two attached hydrogens (primary N) is 1. The molecule has 2 rings (SSSR count). The lowest BCUT2D eigenvalue weighted by molar-refractivity contribution is -0.119. The van der Waals surface area contributed by atoms with Crippen LogP contribution in [0, 0.1) is 6.92 Å². The second-order valence-electron chi connectivity index (χ2n) is 4.52. The van der Waals surface area contributed by atoms with Gasteiger partial charge in [-0.2, -0.15) is 5.10 Å². The predicted molar refractivity (Wildman–Crippen MR) is 81.2 cm³/mol. The van der Waals surface area contributed by atoms with Crippen LogP contribution in [0.25, 0.3) is 0 Å². The number of anilines is 2. The molecule has 1 aromatic heterocycles. The normalized spacial score (nSPS) is 12.2. The van der Waals surface area contributed by atoms with E-state index in [1.165, 1.54) is 12.1 Å². The van der Waals surface area contributed by atoms with E-state index >= 15 is 0 Å². The van der Waals surface area contributed by atoms with Crippen molar-refractivity contribution < 1.29 is 4.79 Å². The number of aromatic nitrogens is 2. The summed E-state index contributed by atoms with van der Waals surface area (Å²) in [6.45, 7) is 3.64. The summed E-state index contributed by atoms with van der Waals surface area (Å²) in [6, 6.07) is 2.59. The Morgan fingerprint density at radius 3 is 2.50 bits per heavy atom. The van der Waals surface area contributed by atoms with Crippen molar-refractivity contribution in [1.82, 2.24) is 9.78 Å². The Bertz CT molecular complexity index is 631. The summed E-state index contributed by atoms with van der Waals surface area (Å²) in [5, 5.41) is 7.40. The number of halogens is 2. The number of amides is 1. The van der Waals surface area contributed by atoms with Crippen molar-refractivity contribution in [2.75, 3.05) is 11.1 Å². The van der Waals surface area contributed by atoms with Gasteiger partial charge in [-0.25, -0.2) is 0 Å². The third-order valence-electron chi connectivity index (χ3n) is 2.82. The molecule has 0 fully saturated rings. The van der Waals surface area contributed by atoms with Crippen LogP contribution in [-0.2, 0) is 4.79 Å². The molecule has 0 spiro atoms. The fourth-order valence-electron chi connectivity index (χ4n) is 1.70. The van der Waals surface area contributed by atoms with Crippen molar-refractivity contribution in [2.24, 2.45) is 0 Å². The number of benzene rings is 1. The highest BCUT2D eigenvalue weighted by Crippen LogP contribution is 2.33. The minimum absolute atomic E-state index is 0.262. The Hall–Kier alpha value is -1.72. The predicted octanol–water partition coefficient (Wildman–Crippen LogP) is 3.28. The molecule has 0 radical (unpaired) electrons. The van der Waals surface area contributed by atoms with Crippen LogP contribution in [0.3, 0.4) is 0 Å². The second-order valence-corrected chi connectivity index (χ2v) is 5.34. The van der Waals surface area contributed by atoms with Crippen LogP contribution in [0.4, 0.5) is 11.4 Å². The SMILES string of the molecule is Cc1cnn(C(C)C(=O)Nc2c(Cl)cc(N)cc2Cl)c1. The van der Waals surface area contributed by atoms with E-state index in [9.17, 15) is 4.79 Å². The molecular formula is C13H14Cl2N4O. The van der Waals surface area contributed by atoms with Gasteiger partial charge in [-0.15, -0.1) is 0 Å². The monoisotopic (exact) mass is 312 g/mol. The number of nitrogen functional groups attached to an aromatic ring is 1. The minimum Gasteiger partial charge on any atom is -0.399 e. The first kappa shape index (κ1) is 14.7. The molecule has 3 N–H and O–H groups in total. The lowest BCUT2D eigenvalue weighted by Crippen LogP contribution is -2.24. The smallest absolute Gasteiger partial charge is 0.249 e. The van der Waals surface area contributed by atoms with Crippen LogP contribution >= 0.6 is 23.2 Å². The maximum absolute atomic E-state index is 12.2. The number of nitrogens with one attached hydrogen (secondary N) is 1. The van der Waals surface area contributed by atoms with Crippen LogP contribution in [-0.4, -0.2) is 15.7 Å². The van der Waals surface area contributed by atoms with E-state index < -0.39 is 6.04 Å². The summed E-state index contributed by atoms with van der Waals surface area (Å²) in [7, 11) is 0. The highest BCUT2D eigenvalue weighted by atomic mass is 35.5. The standard InChI is InChI=1S/C13H14Cl2N4O/c1-7-5-17-19(6-7)8(2)13(20)18-12-10(14)3-9(16)4-11(12)15/h3-6,8H,16H2,1-2H3,(H,18,20). The average Bonchev–Trinajstić information content (AvgIpc) is 2.79. The molecule has 0 saturated heterocycles. The first-order valence-corrected chi connectivity index (χ1v) is 6.70. The highest BCUT2D eigenvalue weighted by molar-refractivity contribution is 6.40. The van der Waals surface area contributed by atoms with Crippen LogP contribution in [0.5, 0.6) is 0 Å². The van der Waals surface area contributed by atoms with Crippen LogP contribution in [0.1, 0.15) is 18.5 Å². The summed E-state index contributed by atoms with van der Waals surface area (Å²) >= 11 is 12.1. The average molecular weight is 313 g/mol. The third-order valence-corrected chi connectivity index (χ3v) is 3.42. The van der Waals surface area contributed by atoms with Crippen molar-refractivity contribution in [3.05, 3.63) is 40.1 Å². The summed E-state index contributed by atoms with van der Waals surface area (Å²) in [5.41, 5.74) is 7.39. The summed E-state index contributed by atoms with van der Waals surface area (Å²) < 4.78 is 1.57. The molecule has 1 heterocycles. The molecule has 0 bridgehead atoms. The van der Waals surface area contributed by atoms with E-state index in [0.29, 0.717) is 21.4 Å². The number of carbonyl (C=O) groups is 1. The molecule has 0 aliphatic rings. The van der Waals surface area contributed by atoms with Gasteiger partial charge in [-0.1, -0.05) is 23.2 Å². The maximum Gasteiger partial charge on any atom is 0.249 e. The van der Waals surface area contributed by atoms with Crippen molar-refractivity contribution >= 4 is 40.5 Å². The summed E-state index contributed by atoms with van der Waals surface area (Å²) in [4.78, 5) is 12.2. The molecule has 1 atom stereocenters. The molecule has 1 amide bonds. The Balaban J connectivity index is 2.20. The molecule has 0 aliphatic heterocycles. The molecule has 7 heteroatoms. The Morgan fingerprint density at radius 2 is 2.00 bits per heavy atom. The zero-order chi connectivity index (χ0) is 14.9. The molecule has 5 nitrogen and oxygen atoms in total. The van der Waals surface area contributed by atoms with Crippen molar-refractivity contribution in [3.63, 3.8) is 0 Å². The minimum atomic E-state index is -0.478. The number of nitrogens with zero attached hydrogens (tertiary/aromatic N) is 2. The topological polar surface area (TPSA) is 72.9 Å². The van der Waals surface area contributed by atoms with Gasteiger partial charge in [0.1, 0.15) is 6.04 Å². The van der Waals surface area contributed by atoms with E-state index in [2.05, 4.69) is 10.4 Å². The molecule has 106 valence electrons. The maximum atomic E-state index is 12.2. The molecular weight excluding hydrogens is 299 g/mol. The van der Waals surface area contributed by atoms with Crippen LogP contribution < -0.4 is 11.1 Å². The van der Waals surface area contributed by atoms with E-state index in [-0.39, 0.29) is 5.91 Å². The van der Waals surface area contributed by atoms with Gasteiger partial charge in [0.2, 0.25) is 5.91 Å². The number of rotatable bonds is 3. The summed E-state index contributed by atoms with van der Waals surface area (Å²) in [5.74, 6) is -0.262. The molecule has 1 aromatic carbocycles. The van der Waals surface area contributed by atoms with Crippen LogP contribution in [0.2, 0.25) is 10.0 Å². The van der Waals surface area contributed by atoms with Gasteiger partial charge in [-0.05, 0) is 31.5 Å². The van der Waals surface area contributed by atoms with E-state index in [1.54, 1.807) is 24.0 Å². The van der Waals surface area contributed by atoms with E-state index in [0.717, 1.165) is 5.56 Å².